The third-order valence-corrected chi connectivity index (χ3v) is 2.37. The Hall–Kier alpha value is -2.12. The van der Waals surface area contributed by atoms with Crippen molar-refractivity contribution in [1.82, 2.24) is 14.8 Å². The number of pyridine rings is 1. The van der Waals surface area contributed by atoms with Crippen LogP contribution in [-0.2, 0) is 13.6 Å². The number of nitrogens with zero attached hydrogens (tertiary/aromatic N) is 3. The minimum absolute atomic E-state index is 0.0345. The predicted molar refractivity (Wildman–Crippen MR) is 54.6 cm³/mol. The molecular formula is C10H8F4N4. The van der Waals surface area contributed by atoms with Crippen molar-refractivity contribution < 1.29 is 17.6 Å². The molecule has 0 saturated carbocycles. The number of hydrogen-bond donors (Lipinski definition) is 1. The largest absolute Gasteiger partial charge is 0.374 e. The first-order valence-electron chi connectivity index (χ1n) is 4.91. The van der Waals surface area contributed by atoms with Gasteiger partial charge in [0.1, 0.15) is 5.69 Å². The zero-order valence-corrected chi connectivity index (χ0v) is 9.22. The van der Waals surface area contributed by atoms with Crippen LogP contribution in [0.15, 0.2) is 12.3 Å². The van der Waals surface area contributed by atoms with Gasteiger partial charge < -0.3 is 5.32 Å². The summed E-state index contributed by atoms with van der Waals surface area (Å²) in [4.78, 5) is 2.46. The van der Waals surface area contributed by atoms with Crippen molar-refractivity contribution in [3.05, 3.63) is 41.5 Å². The molecule has 0 unspecified atom stereocenters. The van der Waals surface area contributed by atoms with Crippen molar-refractivity contribution >= 4 is 5.69 Å². The maximum atomic E-state index is 13.2. The zero-order chi connectivity index (χ0) is 13.3. The second-order valence-electron chi connectivity index (χ2n) is 3.50. The maximum absolute atomic E-state index is 13.2. The van der Waals surface area contributed by atoms with E-state index in [9.17, 15) is 17.6 Å². The lowest BCUT2D eigenvalue weighted by molar-refractivity contribution is 0.410. The Balaban J connectivity index is 2.27. The van der Waals surface area contributed by atoms with Gasteiger partial charge >= 0.3 is 0 Å². The molecule has 2 heterocycles. The number of anilines is 1. The Kier molecular flexibility index (Phi) is 3.17. The van der Waals surface area contributed by atoms with E-state index < -0.39 is 29.2 Å². The third kappa shape index (κ3) is 2.13. The highest BCUT2D eigenvalue weighted by Gasteiger charge is 2.20. The lowest BCUT2D eigenvalue weighted by Crippen LogP contribution is -2.11. The summed E-state index contributed by atoms with van der Waals surface area (Å²) >= 11 is 0. The van der Waals surface area contributed by atoms with Crippen molar-refractivity contribution in [2.24, 2.45) is 7.05 Å². The van der Waals surface area contributed by atoms with Crippen LogP contribution in [0.25, 0.3) is 0 Å². The standard InChI is InChI=1S/C10H8F4N4/c1-18-5(2-3-16-18)4-15-8-6(11)9(13)17-10(14)7(8)12/h2-3H,4H2,1H3,(H,15,17). The average Bonchev–Trinajstić information content (AvgIpc) is 2.73. The summed E-state index contributed by atoms with van der Waals surface area (Å²) in [6.45, 7) is -0.0345. The molecule has 8 heteroatoms. The topological polar surface area (TPSA) is 42.7 Å². The van der Waals surface area contributed by atoms with Crippen LogP contribution in [0.4, 0.5) is 23.2 Å². The number of aryl methyl sites for hydroxylation is 1. The van der Waals surface area contributed by atoms with Crippen LogP contribution in [-0.4, -0.2) is 14.8 Å². The van der Waals surface area contributed by atoms with Crippen LogP contribution in [0.3, 0.4) is 0 Å². The van der Waals surface area contributed by atoms with E-state index in [1.54, 1.807) is 13.1 Å². The molecule has 18 heavy (non-hydrogen) atoms. The van der Waals surface area contributed by atoms with Crippen LogP contribution < -0.4 is 5.32 Å². The molecule has 0 bridgehead atoms. The molecule has 0 aliphatic rings. The molecule has 0 fully saturated rings. The van der Waals surface area contributed by atoms with E-state index in [2.05, 4.69) is 15.4 Å². The summed E-state index contributed by atoms with van der Waals surface area (Å²) in [5, 5.41) is 6.11. The van der Waals surface area contributed by atoms with E-state index in [0.717, 1.165) is 0 Å². The van der Waals surface area contributed by atoms with Gasteiger partial charge in [-0.15, -0.1) is 0 Å². The summed E-state index contributed by atoms with van der Waals surface area (Å²) in [5.41, 5.74) is -0.298. The molecule has 0 spiro atoms. The average molecular weight is 260 g/mol. The number of hydrogen-bond acceptors (Lipinski definition) is 3. The molecular weight excluding hydrogens is 252 g/mol. The molecule has 0 atom stereocenters. The Labute approximate surface area is 99.3 Å². The first-order chi connectivity index (χ1) is 8.50. The van der Waals surface area contributed by atoms with E-state index in [1.165, 1.54) is 10.9 Å². The molecule has 4 nitrogen and oxygen atoms in total. The van der Waals surface area contributed by atoms with Crippen LogP contribution in [0.5, 0.6) is 0 Å². The second-order valence-corrected chi connectivity index (χ2v) is 3.50. The highest BCUT2D eigenvalue weighted by molar-refractivity contribution is 5.45. The van der Waals surface area contributed by atoms with Gasteiger partial charge in [-0.05, 0) is 6.07 Å². The number of rotatable bonds is 3. The molecule has 1 N–H and O–H groups in total. The van der Waals surface area contributed by atoms with Crippen LogP contribution in [0.2, 0.25) is 0 Å². The number of halogens is 4. The van der Waals surface area contributed by atoms with Crippen LogP contribution >= 0.6 is 0 Å². The molecule has 0 saturated heterocycles. The fourth-order valence-electron chi connectivity index (χ4n) is 1.40. The van der Waals surface area contributed by atoms with Gasteiger partial charge in [-0.1, -0.05) is 0 Å². The molecule has 0 amide bonds. The van der Waals surface area contributed by atoms with Crippen molar-refractivity contribution in [2.45, 2.75) is 6.54 Å². The Bertz CT molecular complexity index is 555. The molecule has 0 radical (unpaired) electrons. The molecule has 2 rings (SSSR count). The van der Waals surface area contributed by atoms with E-state index in [-0.39, 0.29) is 6.54 Å². The Morgan fingerprint density at radius 3 is 2.28 bits per heavy atom. The van der Waals surface area contributed by atoms with Gasteiger partial charge in [0.2, 0.25) is 11.6 Å². The van der Waals surface area contributed by atoms with Gasteiger partial charge in [-0.3, -0.25) is 4.68 Å². The smallest absolute Gasteiger partial charge is 0.253 e. The Morgan fingerprint density at radius 2 is 1.78 bits per heavy atom. The molecule has 0 aliphatic heterocycles. The number of nitrogens with one attached hydrogen (secondary N) is 1. The second kappa shape index (κ2) is 4.63. The minimum Gasteiger partial charge on any atom is -0.374 e. The fourth-order valence-corrected chi connectivity index (χ4v) is 1.40. The van der Waals surface area contributed by atoms with Crippen LogP contribution in [0, 0.1) is 23.5 Å². The summed E-state index contributed by atoms with van der Waals surface area (Å²) in [5.74, 6) is -6.50. The van der Waals surface area contributed by atoms with E-state index in [0.29, 0.717) is 5.69 Å². The van der Waals surface area contributed by atoms with Gasteiger partial charge in [0.25, 0.3) is 11.9 Å². The molecule has 0 aliphatic carbocycles. The van der Waals surface area contributed by atoms with E-state index in [4.69, 9.17) is 0 Å². The predicted octanol–water partition coefficient (Wildman–Crippen LogP) is 1.98. The van der Waals surface area contributed by atoms with Gasteiger partial charge in [-0.25, -0.2) is 0 Å². The molecule has 2 aromatic rings. The van der Waals surface area contributed by atoms with E-state index >= 15 is 0 Å². The summed E-state index contributed by atoms with van der Waals surface area (Å²) in [6, 6.07) is 1.59. The highest BCUT2D eigenvalue weighted by Crippen LogP contribution is 2.22. The molecule has 96 valence electrons. The summed E-state index contributed by atoms with van der Waals surface area (Å²) in [7, 11) is 1.62. The SMILES string of the molecule is Cn1nccc1CNc1c(F)c(F)nc(F)c1F. The lowest BCUT2D eigenvalue weighted by Gasteiger charge is -2.09. The van der Waals surface area contributed by atoms with Crippen LogP contribution in [0.1, 0.15) is 5.69 Å². The van der Waals surface area contributed by atoms with E-state index in [1.807, 2.05) is 0 Å². The zero-order valence-electron chi connectivity index (χ0n) is 9.22. The van der Waals surface area contributed by atoms with Crippen molar-refractivity contribution in [3.8, 4) is 0 Å². The van der Waals surface area contributed by atoms with Crippen molar-refractivity contribution in [2.75, 3.05) is 5.32 Å². The quantitative estimate of drug-likeness (QED) is 0.678. The van der Waals surface area contributed by atoms with Crippen molar-refractivity contribution in [1.29, 1.82) is 0 Å². The molecule has 2 aromatic heterocycles. The lowest BCUT2D eigenvalue weighted by atomic mass is 10.3. The van der Waals surface area contributed by atoms with Crippen molar-refractivity contribution in [3.63, 3.8) is 0 Å². The Morgan fingerprint density at radius 1 is 1.17 bits per heavy atom. The van der Waals surface area contributed by atoms with Gasteiger partial charge in [0.15, 0.2) is 0 Å². The summed E-state index contributed by atoms with van der Waals surface area (Å²) in [6.07, 6.45) is 1.48. The third-order valence-electron chi connectivity index (χ3n) is 2.37. The first-order valence-corrected chi connectivity index (χ1v) is 4.91. The summed E-state index contributed by atoms with van der Waals surface area (Å²) < 4.78 is 53.6. The van der Waals surface area contributed by atoms with Gasteiger partial charge in [-0.2, -0.15) is 27.6 Å². The first kappa shape index (κ1) is 12.3. The monoisotopic (exact) mass is 260 g/mol. The van der Waals surface area contributed by atoms with Gasteiger partial charge in [0.05, 0.1) is 12.2 Å². The maximum Gasteiger partial charge on any atom is 0.253 e. The van der Waals surface area contributed by atoms with Gasteiger partial charge in [0, 0.05) is 13.2 Å². The normalized spacial score (nSPS) is 10.7. The molecule has 0 aromatic carbocycles. The fraction of sp³-hybridized carbons (Fsp3) is 0.200. The number of aromatic nitrogens is 3. The highest BCUT2D eigenvalue weighted by atomic mass is 19.2. The minimum atomic E-state index is -1.69.